The molecule has 2 aromatic rings. The molecule has 8 heteroatoms. The first kappa shape index (κ1) is 22.3. The monoisotopic (exact) mass is 438 g/mol. The van der Waals surface area contributed by atoms with Crippen LogP contribution >= 0.6 is 11.6 Å². The van der Waals surface area contributed by atoms with Crippen LogP contribution in [0.1, 0.15) is 22.3 Å². The van der Waals surface area contributed by atoms with Crippen molar-refractivity contribution in [3.8, 4) is 0 Å². The molecule has 0 radical (unpaired) electrons. The molecule has 0 unspecified atom stereocenters. The highest BCUT2D eigenvalue weighted by atomic mass is 35.5. The Bertz CT molecular complexity index is 892. The van der Waals surface area contributed by atoms with Gasteiger partial charge < -0.3 is 10.1 Å². The van der Waals surface area contributed by atoms with Crippen LogP contribution in [0, 0.1) is 0 Å². The number of morpholine rings is 1. The van der Waals surface area contributed by atoms with Crippen LogP contribution in [0.5, 0.6) is 0 Å². The van der Waals surface area contributed by atoms with Crippen molar-refractivity contribution in [3.63, 3.8) is 0 Å². The molecule has 1 heterocycles. The molecule has 0 aliphatic carbocycles. The summed E-state index contributed by atoms with van der Waals surface area (Å²) in [5.41, 5.74) is 1.45. The largest absolute Gasteiger partial charge is 0.417 e. The van der Waals surface area contributed by atoms with Gasteiger partial charge in [0.25, 0.3) is 0 Å². The normalized spacial score (nSPS) is 15.5. The molecule has 1 fully saturated rings. The van der Waals surface area contributed by atoms with Crippen LogP contribution in [-0.4, -0.2) is 37.1 Å². The maximum Gasteiger partial charge on any atom is 0.417 e. The predicted octanol–water partition coefficient (Wildman–Crippen LogP) is 4.52. The van der Waals surface area contributed by atoms with Crippen LogP contribution in [0.2, 0.25) is 5.02 Å². The zero-order valence-electron chi connectivity index (χ0n) is 16.2. The van der Waals surface area contributed by atoms with E-state index in [-0.39, 0.29) is 10.6 Å². The third-order valence-electron chi connectivity index (χ3n) is 4.72. The van der Waals surface area contributed by atoms with Gasteiger partial charge in [-0.1, -0.05) is 41.9 Å². The summed E-state index contributed by atoms with van der Waals surface area (Å²) in [5, 5.41) is 2.35. The summed E-state index contributed by atoms with van der Waals surface area (Å²) in [6.07, 6.45) is -2.01. The SMILES string of the molecule is O=C(C=Cc1ccc(Cl)c(C(F)(F)F)c1)NCc1ccc(CN2CCOCC2)cc1. The predicted molar refractivity (Wildman–Crippen MR) is 110 cm³/mol. The van der Waals surface area contributed by atoms with Crippen LogP contribution < -0.4 is 5.32 Å². The topological polar surface area (TPSA) is 41.6 Å². The van der Waals surface area contributed by atoms with Gasteiger partial charge in [-0.15, -0.1) is 0 Å². The average Bonchev–Trinajstić information content (AvgIpc) is 2.72. The van der Waals surface area contributed by atoms with Gasteiger partial charge in [-0.05, 0) is 34.9 Å². The number of nitrogens with zero attached hydrogens (tertiary/aromatic N) is 1. The molecule has 160 valence electrons. The fourth-order valence-corrected chi connectivity index (χ4v) is 3.29. The Labute approximate surface area is 178 Å². The Balaban J connectivity index is 1.50. The molecule has 1 aliphatic heterocycles. The lowest BCUT2D eigenvalue weighted by molar-refractivity contribution is -0.137. The van der Waals surface area contributed by atoms with Crippen molar-refractivity contribution in [3.05, 3.63) is 75.8 Å². The number of hydrogen-bond donors (Lipinski definition) is 1. The van der Waals surface area contributed by atoms with Crippen molar-refractivity contribution < 1.29 is 22.7 Å². The number of halogens is 4. The summed E-state index contributed by atoms with van der Waals surface area (Å²) >= 11 is 5.60. The summed E-state index contributed by atoms with van der Waals surface area (Å²) in [4.78, 5) is 14.3. The number of nitrogens with one attached hydrogen (secondary N) is 1. The standard InChI is InChI=1S/C22H22ClF3N2O2/c23-20-7-5-16(13-19(20)22(24,25)26)6-8-21(29)27-14-17-1-3-18(4-2-17)15-28-9-11-30-12-10-28/h1-8,13H,9-12,14-15H2,(H,27,29). The third kappa shape index (κ3) is 6.58. The average molecular weight is 439 g/mol. The molecule has 1 saturated heterocycles. The number of alkyl halides is 3. The van der Waals surface area contributed by atoms with E-state index in [1.165, 1.54) is 29.8 Å². The van der Waals surface area contributed by atoms with Crippen LogP contribution in [0.3, 0.4) is 0 Å². The number of carbonyl (C=O) groups is 1. The quantitative estimate of drug-likeness (QED) is 0.674. The summed E-state index contributed by atoms with van der Waals surface area (Å²) in [6, 6.07) is 11.5. The Hall–Kier alpha value is -2.35. The van der Waals surface area contributed by atoms with E-state index in [1.807, 2.05) is 24.3 Å². The molecular weight excluding hydrogens is 417 g/mol. The second-order valence-electron chi connectivity index (χ2n) is 6.99. The second-order valence-corrected chi connectivity index (χ2v) is 7.40. The minimum atomic E-state index is -4.54. The van der Waals surface area contributed by atoms with Crippen LogP contribution in [0.4, 0.5) is 13.2 Å². The zero-order chi connectivity index (χ0) is 21.6. The second kappa shape index (κ2) is 10.1. The van der Waals surface area contributed by atoms with Gasteiger partial charge in [-0.3, -0.25) is 9.69 Å². The minimum Gasteiger partial charge on any atom is -0.379 e. The van der Waals surface area contributed by atoms with Gasteiger partial charge in [0, 0.05) is 32.3 Å². The maximum absolute atomic E-state index is 12.9. The molecule has 0 atom stereocenters. The van der Waals surface area contributed by atoms with E-state index >= 15 is 0 Å². The lowest BCUT2D eigenvalue weighted by atomic mass is 10.1. The van der Waals surface area contributed by atoms with Crippen LogP contribution in [0.15, 0.2) is 48.5 Å². The molecule has 0 bridgehead atoms. The molecule has 0 spiro atoms. The van der Waals surface area contributed by atoms with Gasteiger partial charge in [-0.2, -0.15) is 13.2 Å². The van der Waals surface area contributed by atoms with E-state index in [1.54, 1.807) is 0 Å². The first-order valence-electron chi connectivity index (χ1n) is 9.52. The Kier molecular flexibility index (Phi) is 7.53. The summed E-state index contributed by atoms with van der Waals surface area (Å²) in [5.74, 6) is -0.393. The van der Waals surface area contributed by atoms with Crippen molar-refractivity contribution >= 4 is 23.6 Å². The highest BCUT2D eigenvalue weighted by Gasteiger charge is 2.33. The summed E-state index contributed by atoms with van der Waals surface area (Å²) in [7, 11) is 0. The third-order valence-corrected chi connectivity index (χ3v) is 5.05. The van der Waals surface area contributed by atoms with Gasteiger partial charge in [0.15, 0.2) is 0 Å². The lowest BCUT2D eigenvalue weighted by Gasteiger charge is -2.26. The van der Waals surface area contributed by atoms with Crippen molar-refractivity contribution in [2.75, 3.05) is 26.3 Å². The summed E-state index contributed by atoms with van der Waals surface area (Å²) in [6.45, 7) is 4.54. The molecule has 1 aliphatic rings. The summed E-state index contributed by atoms with van der Waals surface area (Å²) < 4.78 is 44.0. The number of ether oxygens (including phenoxy) is 1. The zero-order valence-corrected chi connectivity index (χ0v) is 17.0. The van der Waals surface area contributed by atoms with Gasteiger partial charge in [-0.25, -0.2) is 0 Å². The molecule has 0 saturated carbocycles. The molecule has 30 heavy (non-hydrogen) atoms. The van der Waals surface area contributed by atoms with Crippen LogP contribution in [0.25, 0.3) is 6.08 Å². The number of amides is 1. The highest BCUT2D eigenvalue weighted by molar-refractivity contribution is 6.31. The van der Waals surface area contributed by atoms with Crippen molar-refractivity contribution in [2.24, 2.45) is 0 Å². The molecule has 1 amide bonds. The number of hydrogen-bond acceptors (Lipinski definition) is 3. The smallest absolute Gasteiger partial charge is 0.379 e. The van der Waals surface area contributed by atoms with Crippen LogP contribution in [-0.2, 0) is 28.8 Å². The Morgan fingerprint density at radius 2 is 1.77 bits per heavy atom. The van der Waals surface area contributed by atoms with Gasteiger partial charge in [0.2, 0.25) is 5.91 Å². The minimum absolute atomic E-state index is 0.245. The van der Waals surface area contributed by atoms with Gasteiger partial charge in [0.1, 0.15) is 0 Å². The van der Waals surface area contributed by atoms with Crippen molar-refractivity contribution in [2.45, 2.75) is 19.3 Å². The maximum atomic E-state index is 12.9. The van der Waals surface area contributed by atoms with E-state index in [9.17, 15) is 18.0 Å². The lowest BCUT2D eigenvalue weighted by Crippen LogP contribution is -2.35. The van der Waals surface area contributed by atoms with E-state index in [0.29, 0.717) is 6.54 Å². The fraction of sp³-hybridized carbons (Fsp3) is 0.318. The molecular formula is C22H22ClF3N2O2. The highest BCUT2D eigenvalue weighted by Crippen LogP contribution is 2.35. The first-order chi connectivity index (χ1) is 14.3. The van der Waals surface area contributed by atoms with Crippen molar-refractivity contribution in [1.82, 2.24) is 10.2 Å². The molecule has 0 aromatic heterocycles. The van der Waals surface area contributed by atoms with E-state index in [0.717, 1.165) is 44.5 Å². The fourth-order valence-electron chi connectivity index (χ4n) is 3.06. The van der Waals surface area contributed by atoms with E-state index in [4.69, 9.17) is 16.3 Å². The van der Waals surface area contributed by atoms with E-state index in [2.05, 4.69) is 10.2 Å². The first-order valence-corrected chi connectivity index (χ1v) is 9.89. The van der Waals surface area contributed by atoms with Crippen molar-refractivity contribution in [1.29, 1.82) is 0 Å². The van der Waals surface area contributed by atoms with Gasteiger partial charge >= 0.3 is 6.18 Å². The Morgan fingerprint density at radius 1 is 1.10 bits per heavy atom. The molecule has 2 aromatic carbocycles. The van der Waals surface area contributed by atoms with E-state index < -0.39 is 17.6 Å². The Morgan fingerprint density at radius 3 is 2.43 bits per heavy atom. The molecule has 1 N–H and O–H groups in total. The number of benzene rings is 2. The molecule has 4 nitrogen and oxygen atoms in total. The molecule has 3 rings (SSSR count). The van der Waals surface area contributed by atoms with Gasteiger partial charge in [0.05, 0.1) is 23.8 Å². The number of rotatable bonds is 6. The number of carbonyl (C=O) groups excluding carboxylic acids is 1.